The maximum absolute atomic E-state index is 10.9. The van der Waals surface area contributed by atoms with E-state index in [2.05, 4.69) is 0 Å². The smallest absolute Gasteiger partial charge is 0.306 e. The Bertz CT molecular complexity index is 359. The van der Waals surface area contributed by atoms with Gasteiger partial charge in [-0.2, -0.15) is 0 Å². The zero-order valence-corrected chi connectivity index (χ0v) is 8.80. The van der Waals surface area contributed by atoms with E-state index in [9.17, 15) is 9.59 Å². The van der Waals surface area contributed by atoms with E-state index < -0.39 is 17.9 Å². The summed E-state index contributed by atoms with van der Waals surface area (Å²) in [5.74, 6) is -2.53. The molecule has 1 atom stereocenters. The van der Waals surface area contributed by atoms with Crippen LogP contribution in [0.5, 0.6) is 0 Å². The average Bonchev–Trinajstić information content (AvgIpc) is 2.25. The quantitative estimate of drug-likeness (QED) is 0.769. The molecule has 0 saturated carbocycles. The molecule has 0 bridgehead atoms. The van der Waals surface area contributed by atoms with Crippen molar-refractivity contribution in [2.45, 2.75) is 19.3 Å². The first-order valence-electron chi connectivity index (χ1n) is 5.08. The van der Waals surface area contributed by atoms with Gasteiger partial charge in [0.1, 0.15) is 0 Å². The molecule has 0 spiro atoms. The SMILES string of the molecule is O=C(O)CC[C@H](Cc1ccccc1)C(=O)O. The Labute approximate surface area is 93.5 Å². The predicted octanol–water partition coefficient (Wildman–Crippen LogP) is 1.79. The van der Waals surface area contributed by atoms with Crippen LogP contribution >= 0.6 is 0 Å². The van der Waals surface area contributed by atoms with Gasteiger partial charge in [-0.25, -0.2) is 0 Å². The number of rotatable bonds is 6. The highest BCUT2D eigenvalue weighted by atomic mass is 16.4. The van der Waals surface area contributed by atoms with Gasteiger partial charge < -0.3 is 10.2 Å². The summed E-state index contributed by atoms with van der Waals surface area (Å²) in [5, 5.41) is 17.5. The number of hydrogen-bond acceptors (Lipinski definition) is 2. The predicted molar refractivity (Wildman–Crippen MR) is 58.1 cm³/mol. The van der Waals surface area contributed by atoms with Crippen LogP contribution in [0.2, 0.25) is 0 Å². The Hall–Kier alpha value is -1.84. The van der Waals surface area contributed by atoms with Gasteiger partial charge in [-0.05, 0) is 18.4 Å². The summed E-state index contributed by atoms with van der Waals surface area (Å²) in [7, 11) is 0. The second-order valence-corrected chi connectivity index (χ2v) is 3.66. The molecule has 4 nitrogen and oxygen atoms in total. The van der Waals surface area contributed by atoms with Gasteiger partial charge in [0.15, 0.2) is 0 Å². The van der Waals surface area contributed by atoms with Crippen molar-refractivity contribution < 1.29 is 19.8 Å². The molecule has 16 heavy (non-hydrogen) atoms. The number of carboxylic acid groups (broad SMARTS) is 2. The highest BCUT2D eigenvalue weighted by Crippen LogP contribution is 2.14. The molecule has 4 heteroatoms. The van der Waals surface area contributed by atoms with Crippen molar-refractivity contribution in [2.24, 2.45) is 5.92 Å². The van der Waals surface area contributed by atoms with Crippen LogP contribution in [0.3, 0.4) is 0 Å². The molecule has 2 N–H and O–H groups in total. The number of carboxylic acids is 2. The van der Waals surface area contributed by atoms with Crippen molar-refractivity contribution in [1.82, 2.24) is 0 Å². The molecule has 0 heterocycles. The van der Waals surface area contributed by atoms with Crippen LogP contribution in [-0.2, 0) is 16.0 Å². The van der Waals surface area contributed by atoms with Gasteiger partial charge >= 0.3 is 11.9 Å². The molecule has 0 aliphatic carbocycles. The molecule has 1 aromatic carbocycles. The standard InChI is InChI=1S/C12H14O4/c13-11(14)7-6-10(12(15)16)8-9-4-2-1-3-5-9/h1-5,10H,6-8H2,(H,13,14)(H,15,16)/t10-/m1/s1. The van der Waals surface area contributed by atoms with E-state index in [1.165, 1.54) is 0 Å². The fourth-order valence-electron chi connectivity index (χ4n) is 1.51. The molecule has 0 aliphatic rings. The summed E-state index contributed by atoms with van der Waals surface area (Å²) < 4.78 is 0. The lowest BCUT2D eigenvalue weighted by atomic mass is 9.95. The maximum atomic E-state index is 10.9. The molecule has 1 rings (SSSR count). The molecule has 0 saturated heterocycles. The summed E-state index contributed by atoms with van der Waals surface area (Å²) >= 11 is 0. The lowest BCUT2D eigenvalue weighted by Crippen LogP contribution is -2.17. The molecule has 0 amide bonds. The first-order chi connectivity index (χ1) is 7.59. The second-order valence-electron chi connectivity index (χ2n) is 3.66. The van der Waals surface area contributed by atoms with Gasteiger partial charge in [0.2, 0.25) is 0 Å². The monoisotopic (exact) mass is 222 g/mol. The molecule has 0 aliphatic heterocycles. The van der Waals surface area contributed by atoms with Gasteiger partial charge in [0.05, 0.1) is 5.92 Å². The Balaban J connectivity index is 2.58. The molecule has 1 aromatic rings. The molecule has 0 radical (unpaired) electrons. The van der Waals surface area contributed by atoms with Crippen LogP contribution in [0.4, 0.5) is 0 Å². The summed E-state index contributed by atoms with van der Waals surface area (Å²) in [6, 6.07) is 9.22. The van der Waals surface area contributed by atoms with Crippen molar-refractivity contribution in [1.29, 1.82) is 0 Å². The van der Waals surface area contributed by atoms with Gasteiger partial charge in [0, 0.05) is 6.42 Å². The van der Waals surface area contributed by atoms with Crippen molar-refractivity contribution >= 4 is 11.9 Å². The summed E-state index contributed by atoms with van der Waals surface area (Å²) in [6.45, 7) is 0. The van der Waals surface area contributed by atoms with E-state index in [0.717, 1.165) is 5.56 Å². The van der Waals surface area contributed by atoms with Crippen molar-refractivity contribution in [2.75, 3.05) is 0 Å². The third kappa shape index (κ3) is 4.13. The fraction of sp³-hybridized carbons (Fsp3) is 0.333. The van der Waals surface area contributed by atoms with Gasteiger partial charge in [-0.3, -0.25) is 9.59 Å². The molecule has 86 valence electrons. The Morgan fingerprint density at radius 2 is 1.75 bits per heavy atom. The molecular weight excluding hydrogens is 208 g/mol. The summed E-state index contributed by atoms with van der Waals surface area (Å²) in [5.41, 5.74) is 0.917. The lowest BCUT2D eigenvalue weighted by Gasteiger charge is -2.10. The molecular formula is C12H14O4. The van der Waals surface area contributed by atoms with Crippen LogP contribution in [0.15, 0.2) is 30.3 Å². The molecule has 0 unspecified atom stereocenters. The first kappa shape index (κ1) is 12.2. The summed E-state index contributed by atoms with van der Waals surface area (Å²) in [4.78, 5) is 21.3. The first-order valence-corrected chi connectivity index (χ1v) is 5.08. The minimum atomic E-state index is -0.959. The highest BCUT2D eigenvalue weighted by Gasteiger charge is 2.18. The third-order valence-corrected chi connectivity index (χ3v) is 2.38. The zero-order chi connectivity index (χ0) is 12.0. The Kier molecular flexibility index (Phi) is 4.51. The van der Waals surface area contributed by atoms with Gasteiger partial charge in [-0.15, -0.1) is 0 Å². The van der Waals surface area contributed by atoms with Crippen LogP contribution < -0.4 is 0 Å². The number of benzene rings is 1. The van der Waals surface area contributed by atoms with Gasteiger partial charge in [-0.1, -0.05) is 30.3 Å². The maximum Gasteiger partial charge on any atom is 0.306 e. The van der Waals surface area contributed by atoms with E-state index in [-0.39, 0.29) is 12.8 Å². The highest BCUT2D eigenvalue weighted by molar-refractivity contribution is 5.72. The van der Waals surface area contributed by atoms with Crippen LogP contribution in [0, 0.1) is 5.92 Å². The normalized spacial score (nSPS) is 12.0. The zero-order valence-electron chi connectivity index (χ0n) is 8.80. The van der Waals surface area contributed by atoms with Crippen molar-refractivity contribution in [3.05, 3.63) is 35.9 Å². The average molecular weight is 222 g/mol. The van der Waals surface area contributed by atoms with Crippen molar-refractivity contribution in [3.8, 4) is 0 Å². The third-order valence-electron chi connectivity index (χ3n) is 2.38. The lowest BCUT2D eigenvalue weighted by molar-refractivity contribution is -0.142. The van der Waals surface area contributed by atoms with E-state index in [0.29, 0.717) is 6.42 Å². The van der Waals surface area contributed by atoms with E-state index >= 15 is 0 Å². The number of hydrogen-bond donors (Lipinski definition) is 2. The van der Waals surface area contributed by atoms with E-state index in [4.69, 9.17) is 10.2 Å². The van der Waals surface area contributed by atoms with Crippen molar-refractivity contribution in [3.63, 3.8) is 0 Å². The topological polar surface area (TPSA) is 74.6 Å². The Morgan fingerprint density at radius 1 is 1.12 bits per heavy atom. The minimum Gasteiger partial charge on any atom is -0.481 e. The molecule has 0 fully saturated rings. The van der Waals surface area contributed by atoms with Crippen LogP contribution in [0.1, 0.15) is 18.4 Å². The number of aliphatic carboxylic acids is 2. The second kappa shape index (κ2) is 5.90. The van der Waals surface area contributed by atoms with Crippen LogP contribution in [-0.4, -0.2) is 22.2 Å². The summed E-state index contributed by atoms with van der Waals surface area (Å²) in [6.07, 6.45) is 0.437. The van der Waals surface area contributed by atoms with Gasteiger partial charge in [0.25, 0.3) is 0 Å². The fourth-order valence-corrected chi connectivity index (χ4v) is 1.51. The molecule has 0 aromatic heterocycles. The van der Waals surface area contributed by atoms with E-state index in [1.54, 1.807) is 0 Å². The Morgan fingerprint density at radius 3 is 2.25 bits per heavy atom. The van der Waals surface area contributed by atoms with Crippen LogP contribution in [0.25, 0.3) is 0 Å². The number of carbonyl (C=O) groups is 2. The largest absolute Gasteiger partial charge is 0.481 e. The van der Waals surface area contributed by atoms with E-state index in [1.807, 2.05) is 30.3 Å². The minimum absolute atomic E-state index is 0.107.